The largest absolute Gasteiger partial charge is 0.477 e. The Balaban J connectivity index is 2.47. The van der Waals surface area contributed by atoms with Gasteiger partial charge >= 0.3 is 16.1 Å². The number of carboxylic acids is 1. The van der Waals surface area contributed by atoms with Gasteiger partial charge in [-0.25, -0.2) is 4.79 Å². The van der Waals surface area contributed by atoms with Crippen LogP contribution in [0.3, 0.4) is 0 Å². The van der Waals surface area contributed by atoms with E-state index in [-0.39, 0.29) is 21.1 Å². The quantitative estimate of drug-likeness (QED) is 0.502. The van der Waals surface area contributed by atoms with Crippen molar-refractivity contribution in [3.05, 3.63) is 50.2 Å². The fourth-order valence-electron chi connectivity index (χ4n) is 1.65. The first-order valence-corrected chi connectivity index (χ1v) is 8.01. The third kappa shape index (κ3) is 3.07. The van der Waals surface area contributed by atoms with Crippen molar-refractivity contribution < 1.29 is 27.4 Å². The average Bonchev–Trinajstić information content (AvgIpc) is 2.86. The number of rotatable bonds is 5. The summed E-state index contributed by atoms with van der Waals surface area (Å²) in [5.41, 5.74) is -0.158. The molecule has 0 aliphatic heterocycles. The zero-order valence-corrected chi connectivity index (χ0v) is 12.7. The molecule has 0 aliphatic rings. The van der Waals surface area contributed by atoms with Gasteiger partial charge in [-0.2, -0.15) is 8.42 Å². The summed E-state index contributed by atoms with van der Waals surface area (Å²) in [6.07, 6.45) is 0. The summed E-state index contributed by atoms with van der Waals surface area (Å²) in [7, 11) is -4.39. The Morgan fingerprint density at radius 2 is 2.05 bits per heavy atom. The zero-order chi connectivity index (χ0) is 16.5. The van der Waals surface area contributed by atoms with E-state index < -0.39 is 26.7 Å². The molecular formula is C12H9NO7S2. The van der Waals surface area contributed by atoms with Crippen LogP contribution in [0.5, 0.6) is 5.75 Å². The normalized spacial score (nSPS) is 11.1. The number of benzene rings is 1. The number of hydrogen-bond donors (Lipinski definition) is 1. The van der Waals surface area contributed by atoms with Gasteiger partial charge in [-0.3, -0.25) is 10.1 Å². The van der Waals surface area contributed by atoms with Gasteiger partial charge in [-0.1, -0.05) is 6.07 Å². The van der Waals surface area contributed by atoms with Crippen molar-refractivity contribution in [3.63, 3.8) is 0 Å². The highest BCUT2D eigenvalue weighted by molar-refractivity contribution is 7.87. The van der Waals surface area contributed by atoms with Crippen LogP contribution in [0.25, 0.3) is 0 Å². The molecule has 8 nitrogen and oxygen atoms in total. The number of hydrogen-bond acceptors (Lipinski definition) is 7. The van der Waals surface area contributed by atoms with Crippen LogP contribution in [-0.2, 0) is 10.1 Å². The van der Waals surface area contributed by atoms with Crippen molar-refractivity contribution in [2.45, 2.75) is 11.8 Å². The lowest BCUT2D eigenvalue weighted by Gasteiger charge is -2.08. The van der Waals surface area contributed by atoms with Crippen LogP contribution >= 0.6 is 11.3 Å². The summed E-state index contributed by atoms with van der Waals surface area (Å²) in [5.74, 6) is -1.65. The molecule has 0 aliphatic carbocycles. The number of thiophene rings is 1. The van der Waals surface area contributed by atoms with Crippen LogP contribution in [0.15, 0.2) is 34.5 Å². The van der Waals surface area contributed by atoms with Crippen molar-refractivity contribution in [3.8, 4) is 5.75 Å². The lowest BCUT2D eigenvalue weighted by molar-refractivity contribution is -0.385. The van der Waals surface area contributed by atoms with Crippen molar-refractivity contribution in [1.29, 1.82) is 0 Å². The molecule has 2 aromatic rings. The standard InChI is InChI=1S/C12H9NO7S2/c1-7-2-3-8(13(16)17)6-10(7)22(18,19)20-9-4-5-21-11(9)12(14)15/h2-6H,1H3,(H,14,15). The Kier molecular flexibility index (Phi) is 4.15. The number of carboxylic acid groups (broad SMARTS) is 1. The molecule has 0 saturated carbocycles. The molecule has 0 bridgehead atoms. The van der Waals surface area contributed by atoms with Crippen LogP contribution < -0.4 is 4.18 Å². The minimum absolute atomic E-state index is 0.248. The molecule has 0 spiro atoms. The molecular weight excluding hydrogens is 334 g/mol. The van der Waals surface area contributed by atoms with E-state index in [2.05, 4.69) is 0 Å². The molecule has 1 N–H and O–H groups in total. The third-order valence-electron chi connectivity index (χ3n) is 2.67. The molecule has 0 radical (unpaired) electrons. The molecule has 116 valence electrons. The second-order valence-corrected chi connectivity index (χ2v) is 6.59. The van der Waals surface area contributed by atoms with E-state index in [9.17, 15) is 23.3 Å². The summed E-state index contributed by atoms with van der Waals surface area (Å²) in [5, 5.41) is 21.1. The highest BCUT2D eigenvalue weighted by Gasteiger charge is 2.25. The molecule has 0 atom stereocenters. The molecule has 1 aromatic heterocycles. The minimum Gasteiger partial charge on any atom is -0.477 e. The second kappa shape index (κ2) is 5.73. The highest BCUT2D eigenvalue weighted by atomic mass is 32.2. The third-order valence-corrected chi connectivity index (χ3v) is 4.94. The number of nitrogens with zero attached hydrogens (tertiary/aromatic N) is 1. The first-order valence-electron chi connectivity index (χ1n) is 5.72. The van der Waals surface area contributed by atoms with Crippen molar-refractivity contribution in [1.82, 2.24) is 0 Å². The average molecular weight is 343 g/mol. The Morgan fingerprint density at radius 1 is 1.36 bits per heavy atom. The van der Waals surface area contributed by atoms with E-state index in [0.29, 0.717) is 0 Å². The van der Waals surface area contributed by atoms with Gasteiger partial charge in [0.2, 0.25) is 0 Å². The monoisotopic (exact) mass is 343 g/mol. The van der Waals surface area contributed by atoms with Crippen LogP contribution in [0.2, 0.25) is 0 Å². The molecule has 22 heavy (non-hydrogen) atoms. The SMILES string of the molecule is Cc1ccc([N+](=O)[O-])cc1S(=O)(=O)Oc1ccsc1C(=O)O. The first-order chi connectivity index (χ1) is 10.2. The highest BCUT2D eigenvalue weighted by Crippen LogP contribution is 2.30. The first kappa shape index (κ1) is 15.9. The van der Waals surface area contributed by atoms with Crippen molar-refractivity contribution >= 4 is 33.1 Å². The van der Waals surface area contributed by atoms with Crippen LogP contribution in [0, 0.1) is 17.0 Å². The van der Waals surface area contributed by atoms with E-state index in [1.54, 1.807) is 0 Å². The molecule has 10 heteroatoms. The van der Waals surface area contributed by atoms with Gasteiger partial charge in [0.15, 0.2) is 10.6 Å². The molecule has 0 amide bonds. The molecule has 0 saturated heterocycles. The topological polar surface area (TPSA) is 124 Å². The van der Waals surface area contributed by atoms with Gasteiger partial charge < -0.3 is 9.29 Å². The summed E-state index contributed by atoms with van der Waals surface area (Å²) >= 11 is 0.809. The molecule has 1 heterocycles. The van der Waals surface area contributed by atoms with Gasteiger partial charge in [0, 0.05) is 12.1 Å². The number of aryl methyl sites for hydroxylation is 1. The smallest absolute Gasteiger partial charge is 0.349 e. The predicted octanol–water partition coefficient (Wildman–Crippen LogP) is 2.43. The van der Waals surface area contributed by atoms with Gasteiger partial charge in [0.1, 0.15) is 4.90 Å². The Bertz CT molecular complexity index is 854. The van der Waals surface area contributed by atoms with E-state index >= 15 is 0 Å². The van der Waals surface area contributed by atoms with Gasteiger partial charge in [0.25, 0.3) is 5.69 Å². The maximum Gasteiger partial charge on any atom is 0.349 e. The van der Waals surface area contributed by atoms with E-state index in [1.165, 1.54) is 30.5 Å². The van der Waals surface area contributed by atoms with E-state index in [4.69, 9.17) is 9.29 Å². The van der Waals surface area contributed by atoms with Gasteiger partial charge in [0.05, 0.1) is 4.92 Å². The van der Waals surface area contributed by atoms with Gasteiger partial charge in [-0.05, 0) is 23.9 Å². The van der Waals surface area contributed by atoms with E-state index in [1.807, 2.05) is 0 Å². The molecule has 0 unspecified atom stereocenters. The Morgan fingerprint density at radius 3 is 2.64 bits per heavy atom. The van der Waals surface area contributed by atoms with E-state index in [0.717, 1.165) is 17.4 Å². The molecule has 0 fully saturated rings. The number of aromatic carboxylic acids is 1. The second-order valence-electron chi connectivity index (χ2n) is 4.16. The minimum atomic E-state index is -4.39. The number of carbonyl (C=O) groups is 1. The van der Waals surface area contributed by atoms with Crippen molar-refractivity contribution in [2.75, 3.05) is 0 Å². The van der Waals surface area contributed by atoms with Crippen molar-refractivity contribution in [2.24, 2.45) is 0 Å². The molecule has 1 aromatic carbocycles. The number of nitro benzene ring substituents is 1. The summed E-state index contributed by atoms with van der Waals surface area (Å²) in [6.45, 7) is 1.45. The lowest BCUT2D eigenvalue weighted by Crippen LogP contribution is -2.13. The lowest BCUT2D eigenvalue weighted by atomic mass is 10.2. The van der Waals surface area contributed by atoms with Gasteiger partial charge in [-0.15, -0.1) is 11.3 Å². The fraction of sp³-hybridized carbons (Fsp3) is 0.0833. The summed E-state index contributed by atoms with van der Waals surface area (Å²) in [4.78, 5) is 20.3. The Labute approximate surface area is 128 Å². The molecule has 2 rings (SSSR count). The van der Waals surface area contributed by atoms with Crippen LogP contribution in [-0.4, -0.2) is 24.4 Å². The maximum absolute atomic E-state index is 12.2. The summed E-state index contributed by atoms with van der Waals surface area (Å²) < 4.78 is 29.3. The maximum atomic E-state index is 12.2. The Hall–Kier alpha value is -2.46. The van der Waals surface area contributed by atoms with Crippen LogP contribution in [0.1, 0.15) is 15.2 Å². The zero-order valence-electron chi connectivity index (χ0n) is 11.0. The number of non-ortho nitro benzene ring substituents is 1. The summed E-state index contributed by atoms with van der Waals surface area (Å²) in [6, 6.07) is 4.53. The predicted molar refractivity (Wildman–Crippen MR) is 76.9 cm³/mol. The number of nitro groups is 1. The fourth-order valence-corrected chi connectivity index (χ4v) is 3.55. The van der Waals surface area contributed by atoms with Crippen LogP contribution in [0.4, 0.5) is 5.69 Å².